The van der Waals surface area contributed by atoms with Gasteiger partial charge in [-0.05, 0) is 26.0 Å². The lowest BCUT2D eigenvalue weighted by atomic mass is 9.88. The fraction of sp³-hybridized carbons (Fsp3) is 0.125. The second-order valence-corrected chi connectivity index (χ2v) is 10.1. The van der Waals surface area contributed by atoms with Crippen molar-refractivity contribution in [3.63, 3.8) is 0 Å². The Labute approximate surface area is 243 Å². The lowest BCUT2D eigenvalue weighted by molar-refractivity contribution is -0.734. The summed E-state index contributed by atoms with van der Waals surface area (Å²) in [4.78, 5) is 9.06. The molecule has 0 aromatic carbocycles. The van der Waals surface area contributed by atoms with Gasteiger partial charge < -0.3 is 34.3 Å². The molecule has 2 fully saturated rings. The van der Waals surface area contributed by atoms with Gasteiger partial charge in [-0.15, -0.1) is 0 Å². The van der Waals surface area contributed by atoms with Gasteiger partial charge in [0.25, 0.3) is 0 Å². The van der Waals surface area contributed by atoms with Crippen LogP contribution in [0.2, 0.25) is 0 Å². The number of aromatic nitrogens is 4. The smallest absolute Gasteiger partial charge is 0.302 e. The van der Waals surface area contributed by atoms with Crippen molar-refractivity contribution in [2.45, 2.75) is 24.9 Å². The summed E-state index contributed by atoms with van der Waals surface area (Å²) in [6.07, 6.45) is 20.9. The summed E-state index contributed by atoms with van der Waals surface area (Å²) in [5.74, 6) is 3.69. The molecule has 6 nitrogen and oxygen atoms in total. The number of allylic oxidation sites excluding steroid dienone is 2. The maximum atomic E-state index is 6.20. The number of halogens is 2. The molecule has 198 valence electrons. The molecule has 6 heterocycles. The summed E-state index contributed by atoms with van der Waals surface area (Å²) in [6, 6.07) is 16.5. The van der Waals surface area contributed by atoms with Crippen molar-refractivity contribution in [3.05, 3.63) is 142 Å². The van der Waals surface area contributed by atoms with Gasteiger partial charge in [-0.25, -0.2) is 0 Å². The van der Waals surface area contributed by atoms with E-state index in [0.29, 0.717) is 0 Å². The van der Waals surface area contributed by atoms with Crippen LogP contribution in [0, 0.1) is 13.8 Å². The molecular formula is C32H24Cl2N4O2. The van der Waals surface area contributed by atoms with E-state index in [9.17, 15) is 0 Å². The first-order valence-electron chi connectivity index (χ1n) is 12.7. The number of ether oxygens (including phenoxy) is 2. The predicted molar refractivity (Wildman–Crippen MR) is 140 cm³/mol. The molecule has 2 saturated heterocycles. The molecule has 0 N–H and O–H groups in total. The molecule has 40 heavy (non-hydrogen) atoms. The third-order valence-corrected chi connectivity index (χ3v) is 7.88. The fourth-order valence-electron chi connectivity index (χ4n) is 6.13. The molecule has 4 aromatic rings. The third-order valence-electron chi connectivity index (χ3n) is 7.88. The van der Waals surface area contributed by atoms with Crippen molar-refractivity contribution < 1.29 is 43.4 Å². The Hall–Kier alpha value is -4.26. The highest BCUT2D eigenvalue weighted by molar-refractivity contribution is 5.85. The van der Waals surface area contributed by atoms with E-state index in [2.05, 4.69) is 80.3 Å². The lowest BCUT2D eigenvalue weighted by Crippen LogP contribution is -3.00. The van der Waals surface area contributed by atoms with Crippen LogP contribution in [0.15, 0.2) is 110 Å². The maximum absolute atomic E-state index is 6.20. The summed E-state index contributed by atoms with van der Waals surface area (Å²) in [7, 11) is 0. The van der Waals surface area contributed by atoms with E-state index in [1.165, 1.54) is 0 Å². The monoisotopic (exact) mass is 566 g/mol. The largest absolute Gasteiger partial charge is 1.00 e. The number of rotatable bonds is 5. The second-order valence-electron chi connectivity index (χ2n) is 10.1. The molecule has 2 unspecified atom stereocenters. The van der Waals surface area contributed by atoms with Crippen molar-refractivity contribution in [1.82, 2.24) is 9.97 Å². The van der Waals surface area contributed by atoms with Gasteiger partial charge in [-0.3, -0.25) is 9.97 Å². The summed E-state index contributed by atoms with van der Waals surface area (Å²) >= 11 is 0. The van der Waals surface area contributed by atoms with Gasteiger partial charge in [0.15, 0.2) is 47.8 Å². The van der Waals surface area contributed by atoms with Crippen molar-refractivity contribution in [2.24, 2.45) is 0 Å². The van der Waals surface area contributed by atoms with Crippen LogP contribution in [0.1, 0.15) is 11.4 Å². The Morgan fingerprint density at radius 3 is 1.35 bits per heavy atom. The first-order valence-corrected chi connectivity index (χ1v) is 12.7. The highest BCUT2D eigenvalue weighted by Gasteiger charge is 2.63. The van der Waals surface area contributed by atoms with Crippen LogP contribution >= 0.6 is 0 Å². The molecule has 2 aliphatic carbocycles. The highest BCUT2D eigenvalue weighted by atomic mass is 35.5. The minimum atomic E-state index is -0.504. The normalized spacial score (nSPS) is 22.6. The topological polar surface area (TPSA) is 52.0 Å². The zero-order valence-corrected chi connectivity index (χ0v) is 23.3. The number of aryl methyl sites for hydroxylation is 2. The Kier molecular flexibility index (Phi) is 5.95. The number of hydrogen-bond donors (Lipinski definition) is 0. The fourth-order valence-corrected chi connectivity index (χ4v) is 6.13. The summed E-state index contributed by atoms with van der Waals surface area (Å²) < 4.78 is 16.8. The average molecular weight is 567 g/mol. The Morgan fingerprint density at radius 2 is 0.950 bits per heavy atom. The quantitative estimate of drug-likeness (QED) is 0.179. The Balaban J connectivity index is 0.00000145. The third kappa shape index (κ3) is 3.17. The maximum Gasteiger partial charge on any atom is 0.302 e. The molecule has 4 aliphatic rings. The first-order chi connectivity index (χ1) is 18.6. The van der Waals surface area contributed by atoms with E-state index >= 15 is 0 Å². The zero-order valence-electron chi connectivity index (χ0n) is 21.8. The van der Waals surface area contributed by atoms with E-state index < -0.39 is 11.1 Å². The lowest BCUT2D eigenvalue weighted by Gasteiger charge is -2.35. The van der Waals surface area contributed by atoms with Gasteiger partial charge in [0.2, 0.25) is 0 Å². The molecule has 8 rings (SSSR count). The molecule has 0 saturated carbocycles. The summed E-state index contributed by atoms with van der Waals surface area (Å²) in [6.45, 7) is 4.02. The van der Waals surface area contributed by atoms with Gasteiger partial charge in [-0.1, -0.05) is 24.3 Å². The number of nitrogens with zero attached hydrogens (tertiary/aromatic N) is 4. The number of fused-ring (bicyclic) bond motifs is 6. The SMILES string of the molecule is Cc1cc2c(cn1)=C1OC=2C1(/C=C/C=C/C1([n+]2ccccc2)C2=c3cnc(C)cc3=C1O2)[n+]1ccccc1.[Cl-].[Cl-]. The molecule has 4 bridgehead atoms. The Bertz CT molecular complexity index is 1860. The van der Waals surface area contributed by atoms with Gasteiger partial charge in [0.05, 0.1) is 10.4 Å². The van der Waals surface area contributed by atoms with Gasteiger partial charge in [-0.2, -0.15) is 9.13 Å². The number of hydrogen-bond acceptors (Lipinski definition) is 4. The summed E-state index contributed by atoms with van der Waals surface area (Å²) in [5.41, 5.74) is 0.944. The molecule has 4 aromatic heterocycles. The van der Waals surface area contributed by atoms with Gasteiger partial charge in [0, 0.05) is 70.6 Å². The van der Waals surface area contributed by atoms with E-state index in [4.69, 9.17) is 9.47 Å². The second kappa shape index (κ2) is 9.15. The minimum absolute atomic E-state index is 0. The minimum Gasteiger partial charge on any atom is -1.00 e. The van der Waals surface area contributed by atoms with Crippen molar-refractivity contribution >= 4 is 23.0 Å². The highest BCUT2D eigenvalue weighted by Crippen LogP contribution is 2.48. The molecule has 2 aliphatic heterocycles. The van der Waals surface area contributed by atoms with Crippen LogP contribution in [0.25, 0.3) is 23.0 Å². The molecule has 8 heteroatoms. The Morgan fingerprint density at radius 1 is 0.575 bits per heavy atom. The van der Waals surface area contributed by atoms with E-state index in [1.54, 1.807) is 0 Å². The molecule has 0 radical (unpaired) electrons. The van der Waals surface area contributed by atoms with Crippen molar-refractivity contribution in [3.8, 4) is 0 Å². The van der Waals surface area contributed by atoms with Crippen molar-refractivity contribution in [1.29, 1.82) is 0 Å². The molecular weight excluding hydrogens is 543 g/mol. The first kappa shape index (κ1) is 26.0. The van der Waals surface area contributed by atoms with E-state index in [1.807, 2.05) is 62.6 Å². The average Bonchev–Trinajstić information content (AvgIpc) is 3.64. The van der Waals surface area contributed by atoms with Crippen LogP contribution in [0.5, 0.6) is 0 Å². The van der Waals surface area contributed by atoms with Crippen LogP contribution in [0.4, 0.5) is 0 Å². The van der Waals surface area contributed by atoms with Crippen LogP contribution < -0.4 is 54.8 Å². The summed E-state index contributed by atoms with van der Waals surface area (Å²) in [5, 5.41) is 4.34. The molecule has 2 atom stereocenters. The van der Waals surface area contributed by atoms with Crippen molar-refractivity contribution in [2.75, 3.05) is 0 Å². The molecule has 0 amide bonds. The standard InChI is InChI=1S/C32H24N4O2.2ClH/c1-21-17-23-25(19-33-21)29-31(27(23)37-29,35-13-7-3-8-14-35)11-5-6-12-32(36-15-9-4-10-16-36)28-24-18-22(2)34-20-26(24)30(32)38-28;;/h3-20H,1-2H3;2*1H/q+2;;/p-2/b11-5+,12-6+;;. The van der Waals surface area contributed by atoms with Gasteiger partial charge in [0.1, 0.15) is 0 Å². The van der Waals surface area contributed by atoms with Crippen LogP contribution in [-0.4, -0.2) is 9.97 Å². The van der Waals surface area contributed by atoms with E-state index in [0.717, 1.165) is 55.3 Å². The zero-order chi connectivity index (χ0) is 25.5. The van der Waals surface area contributed by atoms with E-state index in [-0.39, 0.29) is 24.8 Å². The number of pyridine rings is 4. The van der Waals surface area contributed by atoms with Gasteiger partial charge >= 0.3 is 11.1 Å². The molecule has 0 spiro atoms. The van der Waals surface area contributed by atoms with Crippen LogP contribution in [-0.2, 0) is 20.6 Å². The predicted octanol–water partition coefficient (Wildman–Crippen LogP) is -5.20. The van der Waals surface area contributed by atoms with Crippen LogP contribution in [0.3, 0.4) is 0 Å².